The Morgan fingerprint density at radius 3 is 2.43 bits per heavy atom. The number of nitrogens with one attached hydrogen (secondary N) is 2. The third kappa shape index (κ3) is 5.43. The van der Waals surface area contributed by atoms with Crippen molar-refractivity contribution in [2.75, 3.05) is 13.7 Å². The number of urea groups is 1. The van der Waals surface area contributed by atoms with Crippen LogP contribution in [0.25, 0.3) is 0 Å². The van der Waals surface area contributed by atoms with E-state index in [9.17, 15) is 4.79 Å². The molecule has 4 nitrogen and oxygen atoms in total. The molecule has 2 aromatic carbocycles. The number of amides is 2. The zero-order chi connectivity index (χ0) is 16.7. The highest BCUT2D eigenvalue weighted by Gasteiger charge is 2.14. The van der Waals surface area contributed by atoms with E-state index < -0.39 is 0 Å². The quantitative estimate of drug-likeness (QED) is 0.819. The van der Waals surface area contributed by atoms with Crippen molar-refractivity contribution in [1.29, 1.82) is 0 Å². The maximum absolute atomic E-state index is 11.9. The highest BCUT2D eigenvalue weighted by Crippen LogP contribution is 2.24. The molecule has 6 heteroatoms. The minimum absolute atomic E-state index is 0.269. The van der Waals surface area contributed by atoms with Gasteiger partial charge < -0.3 is 15.4 Å². The van der Waals surface area contributed by atoms with Crippen molar-refractivity contribution in [3.8, 4) is 0 Å². The molecule has 0 aliphatic heterocycles. The molecule has 0 radical (unpaired) electrons. The van der Waals surface area contributed by atoms with E-state index in [4.69, 9.17) is 27.9 Å². The number of ether oxygens (including phenoxy) is 1. The van der Waals surface area contributed by atoms with Crippen LogP contribution < -0.4 is 10.6 Å². The number of carbonyl (C=O) groups is 1. The second-order valence-corrected chi connectivity index (χ2v) is 5.78. The lowest BCUT2D eigenvalue weighted by atomic mass is 10.1. The van der Waals surface area contributed by atoms with Crippen LogP contribution >= 0.6 is 23.2 Å². The van der Waals surface area contributed by atoms with E-state index in [0.717, 1.165) is 11.1 Å². The molecule has 0 fully saturated rings. The molecule has 0 saturated heterocycles. The van der Waals surface area contributed by atoms with Crippen molar-refractivity contribution in [1.82, 2.24) is 10.6 Å². The van der Waals surface area contributed by atoms with Crippen LogP contribution in [0.2, 0.25) is 10.0 Å². The van der Waals surface area contributed by atoms with Gasteiger partial charge in [0.1, 0.15) is 6.10 Å². The summed E-state index contributed by atoms with van der Waals surface area (Å²) in [5, 5.41) is 6.84. The lowest BCUT2D eigenvalue weighted by Crippen LogP contribution is -2.37. The van der Waals surface area contributed by atoms with Gasteiger partial charge in [-0.25, -0.2) is 4.79 Å². The largest absolute Gasteiger partial charge is 0.375 e. The highest BCUT2D eigenvalue weighted by atomic mass is 35.5. The molecule has 0 aliphatic rings. The maximum atomic E-state index is 11.9. The van der Waals surface area contributed by atoms with Gasteiger partial charge in [0.2, 0.25) is 0 Å². The summed E-state index contributed by atoms with van der Waals surface area (Å²) in [5.41, 5.74) is 1.81. The molecule has 2 aromatic rings. The van der Waals surface area contributed by atoms with Crippen molar-refractivity contribution in [2.45, 2.75) is 12.6 Å². The Labute approximate surface area is 145 Å². The number of rotatable bonds is 6. The van der Waals surface area contributed by atoms with Crippen LogP contribution in [0.1, 0.15) is 17.2 Å². The fourth-order valence-corrected chi connectivity index (χ4v) is 2.47. The van der Waals surface area contributed by atoms with Crippen molar-refractivity contribution < 1.29 is 9.53 Å². The fraction of sp³-hybridized carbons (Fsp3) is 0.235. The summed E-state index contributed by atoms with van der Waals surface area (Å²) in [7, 11) is 1.58. The Bertz CT molecular complexity index is 647. The number of hydrogen-bond donors (Lipinski definition) is 2. The van der Waals surface area contributed by atoms with Crippen LogP contribution in [0.3, 0.4) is 0 Å². The summed E-state index contributed by atoms with van der Waals surface area (Å²) in [5.74, 6) is 0. The molecule has 0 bridgehead atoms. The van der Waals surface area contributed by atoms with Gasteiger partial charge in [-0.05, 0) is 23.8 Å². The van der Waals surface area contributed by atoms with Crippen molar-refractivity contribution in [3.63, 3.8) is 0 Å². The lowest BCUT2D eigenvalue weighted by Gasteiger charge is -2.18. The average molecular weight is 353 g/mol. The minimum atomic E-state index is -0.301. The first-order valence-electron chi connectivity index (χ1n) is 7.13. The number of hydrogen-bond acceptors (Lipinski definition) is 2. The first-order valence-corrected chi connectivity index (χ1v) is 7.89. The molecule has 0 aliphatic carbocycles. The average Bonchev–Trinajstić information content (AvgIpc) is 2.56. The van der Waals surface area contributed by atoms with Crippen LogP contribution in [0, 0.1) is 0 Å². The number of carbonyl (C=O) groups excluding carboxylic acids is 1. The van der Waals surface area contributed by atoms with Crippen LogP contribution in [0.4, 0.5) is 4.79 Å². The van der Waals surface area contributed by atoms with Gasteiger partial charge in [-0.15, -0.1) is 0 Å². The normalized spacial score (nSPS) is 11.8. The Kier molecular flexibility index (Phi) is 6.71. The third-order valence-electron chi connectivity index (χ3n) is 3.35. The molecule has 0 saturated carbocycles. The molecular formula is C17H18Cl2N2O2. The molecule has 0 spiro atoms. The molecule has 2 amide bonds. The topological polar surface area (TPSA) is 50.4 Å². The van der Waals surface area contributed by atoms with Crippen molar-refractivity contribution in [2.24, 2.45) is 0 Å². The standard InChI is InChI=1S/C17H18Cl2N2O2/c1-23-16(14-4-2-3-5-15(14)19)11-21-17(22)20-10-12-6-8-13(18)9-7-12/h2-9,16H,10-11H2,1H3,(H2,20,21,22). The van der Waals surface area contributed by atoms with Gasteiger partial charge in [-0.2, -0.15) is 0 Å². The summed E-state index contributed by atoms with van der Waals surface area (Å²) in [4.78, 5) is 11.9. The molecule has 1 atom stereocenters. The summed E-state index contributed by atoms with van der Waals surface area (Å²) < 4.78 is 5.40. The molecule has 0 aromatic heterocycles. The van der Waals surface area contributed by atoms with Gasteiger partial charge in [0, 0.05) is 35.8 Å². The van der Waals surface area contributed by atoms with Crippen LogP contribution in [-0.4, -0.2) is 19.7 Å². The van der Waals surface area contributed by atoms with Gasteiger partial charge in [0.05, 0.1) is 0 Å². The Balaban J connectivity index is 1.83. The number of benzene rings is 2. The van der Waals surface area contributed by atoms with Gasteiger partial charge >= 0.3 is 6.03 Å². The van der Waals surface area contributed by atoms with Crippen LogP contribution in [0.5, 0.6) is 0 Å². The summed E-state index contributed by atoms with van der Waals surface area (Å²) in [6.07, 6.45) is -0.301. The van der Waals surface area contributed by atoms with E-state index in [1.54, 1.807) is 25.3 Å². The van der Waals surface area contributed by atoms with Gasteiger partial charge in [0.15, 0.2) is 0 Å². The van der Waals surface area contributed by atoms with E-state index >= 15 is 0 Å². The smallest absolute Gasteiger partial charge is 0.315 e. The minimum Gasteiger partial charge on any atom is -0.375 e. The van der Waals surface area contributed by atoms with Crippen LogP contribution in [-0.2, 0) is 11.3 Å². The molecule has 122 valence electrons. The fourth-order valence-electron chi connectivity index (χ4n) is 2.09. The van der Waals surface area contributed by atoms with Gasteiger partial charge in [0.25, 0.3) is 0 Å². The first kappa shape index (κ1) is 17.6. The monoisotopic (exact) mass is 352 g/mol. The zero-order valence-corrected chi connectivity index (χ0v) is 14.2. The van der Waals surface area contributed by atoms with Crippen molar-refractivity contribution in [3.05, 3.63) is 69.7 Å². The third-order valence-corrected chi connectivity index (χ3v) is 3.95. The summed E-state index contributed by atoms with van der Waals surface area (Å²) in [6.45, 7) is 0.749. The summed E-state index contributed by atoms with van der Waals surface area (Å²) in [6, 6.07) is 14.4. The molecule has 2 rings (SSSR count). The van der Waals surface area contributed by atoms with E-state index in [-0.39, 0.29) is 12.1 Å². The van der Waals surface area contributed by atoms with E-state index in [1.165, 1.54) is 0 Å². The molecule has 23 heavy (non-hydrogen) atoms. The Morgan fingerprint density at radius 1 is 1.09 bits per heavy atom. The first-order chi connectivity index (χ1) is 11.1. The zero-order valence-electron chi connectivity index (χ0n) is 12.7. The van der Waals surface area contributed by atoms with Gasteiger partial charge in [-0.3, -0.25) is 0 Å². The second kappa shape index (κ2) is 8.77. The van der Waals surface area contributed by atoms with E-state index in [0.29, 0.717) is 23.1 Å². The second-order valence-electron chi connectivity index (χ2n) is 4.94. The SMILES string of the molecule is COC(CNC(=O)NCc1ccc(Cl)cc1)c1ccccc1Cl. The highest BCUT2D eigenvalue weighted by molar-refractivity contribution is 6.31. The molecule has 2 N–H and O–H groups in total. The number of halogens is 2. The molecular weight excluding hydrogens is 335 g/mol. The van der Waals surface area contributed by atoms with E-state index in [1.807, 2.05) is 30.3 Å². The maximum Gasteiger partial charge on any atom is 0.315 e. The number of methoxy groups -OCH3 is 1. The van der Waals surface area contributed by atoms with Crippen molar-refractivity contribution >= 4 is 29.2 Å². The summed E-state index contributed by atoms with van der Waals surface area (Å²) >= 11 is 12.0. The predicted molar refractivity (Wildman–Crippen MR) is 92.9 cm³/mol. The Morgan fingerprint density at radius 2 is 1.78 bits per heavy atom. The van der Waals surface area contributed by atoms with E-state index in [2.05, 4.69) is 10.6 Å². The Hall–Kier alpha value is -1.75. The predicted octanol–water partition coefficient (Wildman–Crippen LogP) is 4.18. The lowest BCUT2D eigenvalue weighted by molar-refractivity contribution is 0.104. The van der Waals surface area contributed by atoms with Gasteiger partial charge in [-0.1, -0.05) is 53.5 Å². The van der Waals surface area contributed by atoms with Crippen LogP contribution in [0.15, 0.2) is 48.5 Å². The molecule has 0 heterocycles. The molecule has 1 unspecified atom stereocenters.